The van der Waals surface area contributed by atoms with E-state index in [2.05, 4.69) is 51.1 Å². The zero-order valence-electron chi connectivity index (χ0n) is 13.0. The van der Waals surface area contributed by atoms with Gasteiger partial charge < -0.3 is 15.0 Å². The van der Waals surface area contributed by atoms with Crippen LogP contribution in [-0.2, 0) is 4.74 Å². The van der Waals surface area contributed by atoms with Crippen molar-refractivity contribution < 1.29 is 4.74 Å². The van der Waals surface area contributed by atoms with Gasteiger partial charge >= 0.3 is 0 Å². The van der Waals surface area contributed by atoms with Gasteiger partial charge in [0.25, 0.3) is 0 Å². The molecule has 1 unspecified atom stereocenters. The van der Waals surface area contributed by atoms with E-state index in [0.717, 1.165) is 45.0 Å². The van der Waals surface area contributed by atoms with E-state index in [1.165, 1.54) is 11.3 Å². The lowest BCUT2D eigenvalue weighted by molar-refractivity contribution is 0.122. The molecule has 2 aromatic heterocycles. The van der Waals surface area contributed by atoms with Crippen molar-refractivity contribution in [3.8, 4) is 0 Å². The smallest absolute Gasteiger partial charge is 0.126 e. The van der Waals surface area contributed by atoms with Gasteiger partial charge in [0.1, 0.15) is 5.82 Å². The third-order valence-electron chi connectivity index (χ3n) is 3.97. The second-order valence-corrected chi connectivity index (χ2v) is 6.32. The van der Waals surface area contributed by atoms with Crippen LogP contribution in [0.1, 0.15) is 31.4 Å². The van der Waals surface area contributed by atoms with E-state index in [1.54, 1.807) is 11.3 Å². The lowest BCUT2D eigenvalue weighted by atomic mass is 10.1. The number of aromatic nitrogens is 1. The molecule has 3 rings (SSSR count). The van der Waals surface area contributed by atoms with Crippen LogP contribution in [0.3, 0.4) is 0 Å². The van der Waals surface area contributed by atoms with Gasteiger partial charge in [-0.1, -0.05) is 13.3 Å². The first kappa shape index (κ1) is 15.3. The lowest BCUT2D eigenvalue weighted by Gasteiger charge is -2.28. The standard InChI is InChI=1S/C17H23N3OS/c1-2-3-16(14-6-11-22-13-14)19-17-5-4-15(12-18-17)20-7-9-21-10-8-20/h4-6,11-13,16H,2-3,7-10H2,1H3,(H,18,19). The average molecular weight is 317 g/mol. The number of nitrogens with one attached hydrogen (secondary N) is 1. The number of pyridine rings is 1. The van der Waals surface area contributed by atoms with E-state index in [4.69, 9.17) is 4.74 Å². The molecule has 22 heavy (non-hydrogen) atoms. The van der Waals surface area contributed by atoms with Gasteiger partial charge in [-0.3, -0.25) is 0 Å². The van der Waals surface area contributed by atoms with Crippen LogP contribution < -0.4 is 10.2 Å². The van der Waals surface area contributed by atoms with Gasteiger partial charge in [0.05, 0.1) is 31.1 Å². The first-order chi connectivity index (χ1) is 10.9. The molecular formula is C17H23N3OS. The maximum atomic E-state index is 5.39. The fourth-order valence-electron chi connectivity index (χ4n) is 2.74. The van der Waals surface area contributed by atoms with Crippen LogP contribution in [0, 0.1) is 0 Å². The monoisotopic (exact) mass is 317 g/mol. The molecule has 0 spiro atoms. The van der Waals surface area contributed by atoms with E-state index in [1.807, 2.05) is 6.20 Å². The summed E-state index contributed by atoms with van der Waals surface area (Å²) < 4.78 is 5.39. The van der Waals surface area contributed by atoms with Gasteiger partial charge in [0, 0.05) is 13.1 Å². The van der Waals surface area contributed by atoms with Crippen molar-refractivity contribution in [3.63, 3.8) is 0 Å². The van der Waals surface area contributed by atoms with E-state index in [-0.39, 0.29) is 0 Å². The average Bonchev–Trinajstić information content (AvgIpc) is 3.10. The van der Waals surface area contributed by atoms with Gasteiger partial charge in [-0.25, -0.2) is 4.98 Å². The largest absolute Gasteiger partial charge is 0.378 e. The minimum atomic E-state index is 0.345. The van der Waals surface area contributed by atoms with Gasteiger partial charge in [-0.15, -0.1) is 0 Å². The third-order valence-corrected chi connectivity index (χ3v) is 4.67. The predicted molar refractivity (Wildman–Crippen MR) is 92.9 cm³/mol. The van der Waals surface area contributed by atoms with E-state index in [9.17, 15) is 0 Å². The van der Waals surface area contributed by atoms with Crippen molar-refractivity contribution in [1.82, 2.24) is 4.98 Å². The quantitative estimate of drug-likeness (QED) is 0.876. The van der Waals surface area contributed by atoms with Crippen LogP contribution in [0.4, 0.5) is 11.5 Å². The number of hydrogen-bond donors (Lipinski definition) is 1. The molecule has 0 saturated carbocycles. The number of anilines is 2. The SMILES string of the molecule is CCCC(Nc1ccc(N2CCOCC2)cn1)c1ccsc1. The van der Waals surface area contributed by atoms with Gasteiger partial charge in [-0.2, -0.15) is 11.3 Å². The molecule has 0 bridgehead atoms. The highest BCUT2D eigenvalue weighted by Gasteiger charge is 2.13. The van der Waals surface area contributed by atoms with Crippen molar-refractivity contribution in [1.29, 1.82) is 0 Å². The molecule has 1 aliphatic rings. The second kappa shape index (κ2) is 7.61. The van der Waals surface area contributed by atoms with Crippen molar-refractivity contribution >= 4 is 22.8 Å². The molecule has 4 nitrogen and oxygen atoms in total. The molecular weight excluding hydrogens is 294 g/mol. The maximum absolute atomic E-state index is 5.39. The molecule has 1 atom stereocenters. The molecule has 3 heterocycles. The first-order valence-corrected chi connectivity index (χ1v) is 8.88. The van der Waals surface area contributed by atoms with Crippen molar-refractivity contribution in [2.45, 2.75) is 25.8 Å². The zero-order chi connectivity index (χ0) is 15.2. The van der Waals surface area contributed by atoms with E-state index >= 15 is 0 Å². The number of ether oxygens (including phenoxy) is 1. The Bertz CT molecular complexity index is 550. The van der Waals surface area contributed by atoms with E-state index < -0.39 is 0 Å². The molecule has 1 aliphatic heterocycles. The molecule has 0 aliphatic carbocycles. The Labute approximate surface area is 136 Å². The number of nitrogens with zero attached hydrogens (tertiary/aromatic N) is 2. The van der Waals surface area contributed by atoms with Crippen molar-refractivity contribution in [2.24, 2.45) is 0 Å². The third kappa shape index (κ3) is 3.78. The Hall–Kier alpha value is -1.59. The van der Waals surface area contributed by atoms with Crippen LogP contribution in [0.15, 0.2) is 35.2 Å². The van der Waals surface area contributed by atoms with Crippen molar-refractivity contribution in [2.75, 3.05) is 36.5 Å². The molecule has 118 valence electrons. The molecule has 0 amide bonds. The minimum absolute atomic E-state index is 0.345. The van der Waals surface area contributed by atoms with Crippen molar-refractivity contribution in [3.05, 3.63) is 40.7 Å². The lowest BCUT2D eigenvalue weighted by Crippen LogP contribution is -2.36. The number of thiophene rings is 1. The number of rotatable bonds is 6. The normalized spacial score (nSPS) is 16.5. The summed E-state index contributed by atoms with van der Waals surface area (Å²) in [7, 11) is 0. The fraction of sp³-hybridized carbons (Fsp3) is 0.471. The summed E-state index contributed by atoms with van der Waals surface area (Å²) in [6.45, 7) is 5.72. The molecule has 1 fully saturated rings. The fourth-order valence-corrected chi connectivity index (χ4v) is 3.46. The maximum Gasteiger partial charge on any atom is 0.126 e. The minimum Gasteiger partial charge on any atom is -0.378 e. The van der Waals surface area contributed by atoms with E-state index in [0.29, 0.717) is 6.04 Å². The molecule has 5 heteroatoms. The summed E-state index contributed by atoms with van der Waals surface area (Å²) in [6.07, 6.45) is 4.23. The Balaban J connectivity index is 1.66. The highest BCUT2D eigenvalue weighted by Crippen LogP contribution is 2.25. The summed E-state index contributed by atoms with van der Waals surface area (Å²) >= 11 is 1.75. The van der Waals surface area contributed by atoms with Gasteiger partial charge in [0.15, 0.2) is 0 Å². The summed E-state index contributed by atoms with van der Waals surface area (Å²) in [5.41, 5.74) is 2.53. The Kier molecular flexibility index (Phi) is 5.29. The predicted octanol–water partition coefficient (Wildman–Crippen LogP) is 3.93. The Morgan fingerprint density at radius 2 is 2.18 bits per heavy atom. The summed E-state index contributed by atoms with van der Waals surface area (Å²) in [4.78, 5) is 6.92. The Morgan fingerprint density at radius 3 is 2.82 bits per heavy atom. The second-order valence-electron chi connectivity index (χ2n) is 5.54. The topological polar surface area (TPSA) is 37.4 Å². The Morgan fingerprint density at radius 1 is 1.32 bits per heavy atom. The summed E-state index contributed by atoms with van der Waals surface area (Å²) in [5, 5.41) is 7.92. The van der Waals surface area contributed by atoms with Crippen LogP contribution in [-0.4, -0.2) is 31.3 Å². The molecule has 1 N–H and O–H groups in total. The summed E-state index contributed by atoms with van der Waals surface area (Å²) in [5.74, 6) is 0.946. The molecule has 2 aromatic rings. The molecule has 0 aromatic carbocycles. The zero-order valence-corrected chi connectivity index (χ0v) is 13.8. The number of morpholine rings is 1. The van der Waals surface area contributed by atoms with Crippen LogP contribution in [0.5, 0.6) is 0 Å². The highest BCUT2D eigenvalue weighted by atomic mass is 32.1. The number of hydrogen-bond acceptors (Lipinski definition) is 5. The molecule has 0 radical (unpaired) electrons. The van der Waals surface area contributed by atoms with Crippen LogP contribution in [0.25, 0.3) is 0 Å². The first-order valence-electron chi connectivity index (χ1n) is 7.94. The summed E-state index contributed by atoms with van der Waals surface area (Å²) in [6, 6.07) is 6.77. The van der Waals surface area contributed by atoms with Gasteiger partial charge in [-0.05, 0) is 40.9 Å². The van der Waals surface area contributed by atoms with Crippen LogP contribution >= 0.6 is 11.3 Å². The molecule has 1 saturated heterocycles. The van der Waals surface area contributed by atoms with Crippen LogP contribution in [0.2, 0.25) is 0 Å². The van der Waals surface area contributed by atoms with Gasteiger partial charge in [0.2, 0.25) is 0 Å². The highest BCUT2D eigenvalue weighted by molar-refractivity contribution is 7.08.